The smallest absolute Gasteiger partial charge is 0.268 e. The maximum absolute atomic E-state index is 13.1. The highest BCUT2D eigenvalue weighted by Crippen LogP contribution is 2.34. The average Bonchev–Trinajstić information content (AvgIpc) is 2.97. The van der Waals surface area contributed by atoms with Crippen molar-refractivity contribution in [2.75, 3.05) is 4.90 Å². The number of carbonyl (C=O) groups excluding carboxylic acids is 1. The van der Waals surface area contributed by atoms with Gasteiger partial charge in [-0.3, -0.25) is 4.79 Å². The Morgan fingerprint density at radius 3 is 2.72 bits per heavy atom. The van der Waals surface area contributed by atoms with Crippen molar-refractivity contribution in [1.82, 2.24) is 0 Å². The number of amides is 1. The van der Waals surface area contributed by atoms with Crippen LogP contribution in [0.5, 0.6) is 5.75 Å². The number of ether oxygens (including phenoxy) is 1. The predicted molar refractivity (Wildman–Crippen MR) is 100 cm³/mol. The number of hydrogen-bond acceptors (Lipinski definition) is 2. The Labute approximate surface area is 149 Å². The molecule has 2 atom stereocenters. The van der Waals surface area contributed by atoms with Gasteiger partial charge in [0.15, 0.2) is 6.10 Å². The number of rotatable bonds is 3. The first-order valence-electron chi connectivity index (χ1n) is 9.33. The van der Waals surface area contributed by atoms with E-state index >= 15 is 0 Å². The lowest BCUT2D eigenvalue weighted by molar-refractivity contribution is -0.124. The minimum Gasteiger partial charge on any atom is -0.481 e. The van der Waals surface area contributed by atoms with Gasteiger partial charge in [0.05, 0.1) is 0 Å². The molecule has 1 aliphatic carbocycles. The van der Waals surface area contributed by atoms with Crippen molar-refractivity contribution in [3.63, 3.8) is 0 Å². The lowest BCUT2D eigenvalue weighted by atomic mass is 9.91. The highest BCUT2D eigenvalue weighted by Gasteiger charge is 2.34. The summed E-state index contributed by atoms with van der Waals surface area (Å²) >= 11 is 0. The van der Waals surface area contributed by atoms with Crippen molar-refractivity contribution in [2.45, 2.75) is 58.1 Å². The molecule has 2 aromatic rings. The average molecular weight is 335 g/mol. The summed E-state index contributed by atoms with van der Waals surface area (Å²) in [5.74, 6) is 0.934. The van der Waals surface area contributed by atoms with Crippen LogP contribution in [0.1, 0.15) is 43.4 Å². The maximum Gasteiger partial charge on any atom is 0.268 e. The molecule has 0 saturated heterocycles. The highest BCUT2D eigenvalue weighted by molar-refractivity contribution is 5.99. The molecule has 0 bridgehead atoms. The summed E-state index contributed by atoms with van der Waals surface area (Å²) in [6.45, 7) is 3.98. The summed E-state index contributed by atoms with van der Waals surface area (Å²) < 4.78 is 6.16. The summed E-state index contributed by atoms with van der Waals surface area (Å²) in [4.78, 5) is 15.0. The number of para-hydroxylation sites is 1. The summed E-state index contributed by atoms with van der Waals surface area (Å²) in [5, 5.41) is 0. The van der Waals surface area contributed by atoms with E-state index in [9.17, 15) is 4.79 Å². The van der Waals surface area contributed by atoms with Gasteiger partial charge in [-0.15, -0.1) is 0 Å². The normalized spacial score (nSPS) is 19.9. The predicted octanol–water partition coefficient (Wildman–Crippen LogP) is 4.31. The fourth-order valence-electron chi connectivity index (χ4n) is 4.19. The summed E-state index contributed by atoms with van der Waals surface area (Å²) in [6.07, 6.45) is 5.04. The largest absolute Gasteiger partial charge is 0.481 e. The first kappa shape index (κ1) is 16.2. The number of fused-ring (bicyclic) bond motifs is 2. The van der Waals surface area contributed by atoms with Crippen LogP contribution in [0.2, 0.25) is 0 Å². The minimum atomic E-state index is -0.484. The van der Waals surface area contributed by atoms with Crippen LogP contribution in [-0.2, 0) is 24.1 Å². The first-order chi connectivity index (χ1) is 12.1. The van der Waals surface area contributed by atoms with Crippen molar-refractivity contribution < 1.29 is 9.53 Å². The molecule has 0 unspecified atom stereocenters. The third kappa shape index (κ3) is 2.92. The number of nitrogens with zero attached hydrogens (tertiary/aromatic N) is 1. The quantitative estimate of drug-likeness (QED) is 0.836. The van der Waals surface area contributed by atoms with E-state index in [4.69, 9.17) is 4.74 Å². The van der Waals surface area contributed by atoms with Gasteiger partial charge in [0.2, 0.25) is 0 Å². The van der Waals surface area contributed by atoms with Crippen LogP contribution in [0.25, 0.3) is 0 Å². The molecule has 0 spiro atoms. The van der Waals surface area contributed by atoms with Gasteiger partial charge < -0.3 is 9.64 Å². The molecular weight excluding hydrogens is 310 g/mol. The molecule has 0 fully saturated rings. The van der Waals surface area contributed by atoms with E-state index in [1.54, 1.807) is 0 Å². The summed E-state index contributed by atoms with van der Waals surface area (Å²) in [5.41, 5.74) is 4.95. The zero-order chi connectivity index (χ0) is 17.4. The van der Waals surface area contributed by atoms with Gasteiger partial charge >= 0.3 is 0 Å². The van der Waals surface area contributed by atoms with Gasteiger partial charge in [-0.1, -0.05) is 30.3 Å². The van der Waals surface area contributed by atoms with Gasteiger partial charge in [0.1, 0.15) is 5.75 Å². The Kier molecular flexibility index (Phi) is 4.24. The molecule has 0 radical (unpaired) electrons. The van der Waals surface area contributed by atoms with E-state index in [0.717, 1.165) is 30.7 Å². The Morgan fingerprint density at radius 1 is 1.08 bits per heavy atom. The first-order valence-corrected chi connectivity index (χ1v) is 9.33. The van der Waals surface area contributed by atoms with Gasteiger partial charge in [-0.05, 0) is 74.8 Å². The van der Waals surface area contributed by atoms with Gasteiger partial charge in [-0.25, -0.2) is 0 Å². The SMILES string of the molecule is C[C@@H]1Cc2ccccc2N1C(=O)[C@@H](C)Oc1cccc2c1CCCC2. The molecule has 3 heteroatoms. The molecule has 1 aliphatic heterocycles. The number of hydrogen-bond donors (Lipinski definition) is 0. The molecule has 0 N–H and O–H groups in total. The van der Waals surface area contributed by atoms with Gasteiger partial charge in [-0.2, -0.15) is 0 Å². The fourth-order valence-corrected chi connectivity index (χ4v) is 4.19. The van der Waals surface area contributed by atoms with Crippen molar-refractivity contribution >= 4 is 11.6 Å². The van der Waals surface area contributed by atoms with Crippen LogP contribution in [0.4, 0.5) is 5.69 Å². The third-order valence-corrected chi connectivity index (χ3v) is 5.45. The second kappa shape index (κ2) is 6.55. The van der Waals surface area contributed by atoms with Gasteiger partial charge in [0.25, 0.3) is 5.91 Å². The Bertz CT molecular complexity index is 798. The number of benzene rings is 2. The molecule has 130 valence electrons. The summed E-state index contributed by atoms with van der Waals surface area (Å²) in [6, 6.07) is 14.6. The zero-order valence-corrected chi connectivity index (χ0v) is 15.0. The molecule has 2 aromatic carbocycles. The van der Waals surface area contributed by atoms with Crippen LogP contribution < -0.4 is 9.64 Å². The third-order valence-electron chi connectivity index (χ3n) is 5.45. The zero-order valence-electron chi connectivity index (χ0n) is 15.0. The van der Waals surface area contributed by atoms with Crippen molar-refractivity contribution in [3.05, 3.63) is 59.2 Å². The Hall–Kier alpha value is -2.29. The monoisotopic (exact) mass is 335 g/mol. The van der Waals surface area contributed by atoms with E-state index in [1.807, 2.05) is 42.2 Å². The Morgan fingerprint density at radius 2 is 1.84 bits per heavy atom. The van der Waals surface area contributed by atoms with Crippen molar-refractivity contribution in [3.8, 4) is 5.75 Å². The standard InChI is InChI=1S/C22H25NO2/c1-15-14-18-9-4-6-12-20(18)23(15)22(24)16(2)25-21-13-7-10-17-8-3-5-11-19(17)21/h4,6-7,9-10,12-13,15-16H,3,5,8,11,14H2,1-2H3/t15-,16-/m1/s1. The van der Waals surface area contributed by atoms with Gasteiger partial charge in [0, 0.05) is 11.7 Å². The number of carbonyl (C=O) groups is 1. The van der Waals surface area contributed by atoms with E-state index < -0.39 is 6.10 Å². The molecular formula is C22H25NO2. The van der Waals surface area contributed by atoms with E-state index in [0.29, 0.717) is 0 Å². The number of anilines is 1. The van der Waals surface area contributed by atoms with E-state index in [1.165, 1.54) is 29.5 Å². The van der Waals surface area contributed by atoms with Crippen molar-refractivity contribution in [1.29, 1.82) is 0 Å². The topological polar surface area (TPSA) is 29.5 Å². The van der Waals surface area contributed by atoms with Crippen LogP contribution in [0.3, 0.4) is 0 Å². The minimum absolute atomic E-state index is 0.0471. The molecule has 25 heavy (non-hydrogen) atoms. The molecule has 1 amide bonds. The molecule has 1 heterocycles. The maximum atomic E-state index is 13.1. The molecule has 2 aliphatic rings. The van der Waals surface area contributed by atoms with Crippen LogP contribution in [-0.4, -0.2) is 18.1 Å². The lowest BCUT2D eigenvalue weighted by Crippen LogP contribution is -2.43. The van der Waals surface area contributed by atoms with E-state index in [2.05, 4.69) is 19.1 Å². The van der Waals surface area contributed by atoms with E-state index in [-0.39, 0.29) is 11.9 Å². The summed E-state index contributed by atoms with van der Waals surface area (Å²) in [7, 11) is 0. The lowest BCUT2D eigenvalue weighted by Gasteiger charge is -2.27. The van der Waals surface area contributed by atoms with Crippen LogP contribution >= 0.6 is 0 Å². The second-order valence-electron chi connectivity index (χ2n) is 7.25. The fraction of sp³-hybridized carbons (Fsp3) is 0.409. The molecule has 4 rings (SSSR count). The Balaban J connectivity index is 1.56. The molecule has 0 aromatic heterocycles. The highest BCUT2D eigenvalue weighted by atomic mass is 16.5. The van der Waals surface area contributed by atoms with Crippen molar-refractivity contribution in [2.24, 2.45) is 0 Å². The molecule has 0 saturated carbocycles. The molecule has 3 nitrogen and oxygen atoms in total. The second-order valence-corrected chi connectivity index (χ2v) is 7.25. The van der Waals surface area contributed by atoms with Crippen LogP contribution in [0.15, 0.2) is 42.5 Å². The van der Waals surface area contributed by atoms with Crippen LogP contribution in [0, 0.1) is 0 Å². The number of aryl methyl sites for hydroxylation is 1.